The van der Waals surface area contributed by atoms with Gasteiger partial charge in [0.25, 0.3) is 0 Å². The van der Waals surface area contributed by atoms with Gasteiger partial charge in [0.05, 0.1) is 16.6 Å². The Balaban J connectivity index is 1.82. The molecule has 1 aliphatic rings. The summed E-state index contributed by atoms with van der Waals surface area (Å²) in [6.07, 6.45) is 4.17. The Bertz CT molecular complexity index is 647. The van der Waals surface area contributed by atoms with E-state index in [2.05, 4.69) is 32.8 Å². The fraction of sp³-hybridized carbons (Fsp3) is 0.611. The fourth-order valence-corrected chi connectivity index (χ4v) is 3.47. The first-order valence-electron chi connectivity index (χ1n) is 9.32. The lowest BCUT2D eigenvalue weighted by molar-refractivity contribution is -0.121. The summed E-state index contributed by atoms with van der Waals surface area (Å²) in [5.74, 6) is 2.09. The Kier molecular flexibility index (Phi) is 8.94. The van der Waals surface area contributed by atoms with Gasteiger partial charge < -0.3 is 20.9 Å². The van der Waals surface area contributed by atoms with Crippen LogP contribution in [0.25, 0.3) is 0 Å². The summed E-state index contributed by atoms with van der Waals surface area (Å²) >= 11 is 12.0. The fourth-order valence-electron chi connectivity index (χ4n) is 3.02. The first-order chi connectivity index (χ1) is 13.0. The van der Waals surface area contributed by atoms with Crippen molar-refractivity contribution in [2.75, 3.05) is 45.1 Å². The number of guanidine groups is 1. The van der Waals surface area contributed by atoms with Crippen LogP contribution in [-0.2, 0) is 4.79 Å². The molecular formula is C18H28Cl2N6O. The van der Waals surface area contributed by atoms with Crippen LogP contribution >= 0.6 is 23.2 Å². The number of pyridine rings is 1. The van der Waals surface area contributed by atoms with Gasteiger partial charge in [0.1, 0.15) is 5.82 Å². The van der Waals surface area contributed by atoms with Crippen molar-refractivity contribution >= 4 is 40.9 Å². The minimum atomic E-state index is 0.120. The van der Waals surface area contributed by atoms with E-state index in [9.17, 15) is 4.79 Å². The van der Waals surface area contributed by atoms with Crippen LogP contribution < -0.4 is 16.0 Å². The lowest BCUT2D eigenvalue weighted by atomic mass is 9.93. The number of rotatable bonds is 7. The van der Waals surface area contributed by atoms with E-state index in [-0.39, 0.29) is 5.91 Å². The maximum atomic E-state index is 11.5. The van der Waals surface area contributed by atoms with Gasteiger partial charge in [0.15, 0.2) is 5.96 Å². The van der Waals surface area contributed by atoms with E-state index in [1.165, 1.54) is 0 Å². The Hall–Kier alpha value is -1.73. The third kappa shape index (κ3) is 7.07. The topological polar surface area (TPSA) is 81.7 Å². The molecule has 0 aromatic carbocycles. The van der Waals surface area contributed by atoms with E-state index < -0.39 is 0 Å². The van der Waals surface area contributed by atoms with Crippen LogP contribution in [0.2, 0.25) is 10.0 Å². The molecule has 1 amide bonds. The van der Waals surface area contributed by atoms with Crippen LogP contribution in [0, 0.1) is 5.92 Å². The number of hydrogen-bond acceptors (Lipinski definition) is 4. The molecule has 1 fully saturated rings. The molecule has 0 atom stereocenters. The van der Waals surface area contributed by atoms with E-state index in [4.69, 9.17) is 28.2 Å². The van der Waals surface area contributed by atoms with Gasteiger partial charge in [-0.05, 0) is 31.7 Å². The van der Waals surface area contributed by atoms with Crippen molar-refractivity contribution in [2.24, 2.45) is 10.9 Å². The van der Waals surface area contributed by atoms with Crippen molar-refractivity contribution in [1.82, 2.24) is 20.5 Å². The second-order valence-electron chi connectivity index (χ2n) is 6.45. The molecule has 7 nitrogen and oxygen atoms in total. The lowest BCUT2D eigenvalue weighted by Gasteiger charge is -2.34. The van der Waals surface area contributed by atoms with Crippen molar-refractivity contribution in [1.29, 1.82) is 0 Å². The van der Waals surface area contributed by atoms with E-state index in [1.54, 1.807) is 19.3 Å². The molecule has 3 N–H and O–H groups in total. The molecule has 0 radical (unpaired) electrons. The molecule has 1 aromatic rings. The summed E-state index contributed by atoms with van der Waals surface area (Å²) in [5.41, 5.74) is 0. The summed E-state index contributed by atoms with van der Waals surface area (Å²) in [6, 6.07) is 1.66. The molecule has 0 unspecified atom stereocenters. The predicted octanol–water partition coefficient (Wildman–Crippen LogP) is 2.61. The average Bonchev–Trinajstić information content (AvgIpc) is 2.66. The summed E-state index contributed by atoms with van der Waals surface area (Å²) < 4.78 is 0. The quantitative estimate of drug-likeness (QED) is 0.362. The molecule has 1 aromatic heterocycles. The van der Waals surface area contributed by atoms with E-state index in [0.29, 0.717) is 41.3 Å². The standard InChI is InChI=1S/C18H28Cl2N6O/c1-3-22-18(26-8-4-13(5-9-26)10-16(27)21-2)24-7-6-23-17-15(20)11-14(19)12-25-17/h11-13H,3-10H2,1-2H3,(H,21,27)(H,22,24)(H,23,25). The zero-order valence-electron chi connectivity index (χ0n) is 15.9. The number of hydrogen-bond donors (Lipinski definition) is 3. The van der Waals surface area contributed by atoms with Crippen LogP contribution in [-0.4, -0.2) is 61.5 Å². The normalized spacial score (nSPS) is 15.6. The highest BCUT2D eigenvalue weighted by atomic mass is 35.5. The number of aromatic nitrogens is 1. The number of nitrogens with one attached hydrogen (secondary N) is 3. The van der Waals surface area contributed by atoms with Gasteiger partial charge in [-0.25, -0.2) is 4.98 Å². The molecule has 150 valence electrons. The molecule has 0 aliphatic carbocycles. The van der Waals surface area contributed by atoms with Crippen LogP contribution in [0.15, 0.2) is 17.3 Å². The number of halogens is 2. The monoisotopic (exact) mass is 414 g/mol. The minimum absolute atomic E-state index is 0.120. The first-order valence-corrected chi connectivity index (χ1v) is 10.1. The third-order valence-corrected chi connectivity index (χ3v) is 4.97. The summed E-state index contributed by atoms with van der Waals surface area (Å²) in [5, 5.41) is 10.2. The molecule has 9 heteroatoms. The van der Waals surface area contributed by atoms with Gasteiger partial charge in [-0.1, -0.05) is 23.2 Å². The summed E-state index contributed by atoms with van der Waals surface area (Å²) in [6.45, 7) is 5.91. The second-order valence-corrected chi connectivity index (χ2v) is 7.30. The van der Waals surface area contributed by atoms with Crippen molar-refractivity contribution in [3.8, 4) is 0 Å². The highest BCUT2D eigenvalue weighted by molar-refractivity contribution is 6.35. The van der Waals surface area contributed by atoms with E-state index >= 15 is 0 Å². The Morgan fingerprint density at radius 3 is 2.74 bits per heavy atom. The summed E-state index contributed by atoms with van der Waals surface area (Å²) in [7, 11) is 1.69. The van der Waals surface area contributed by atoms with Crippen LogP contribution in [0.1, 0.15) is 26.2 Å². The van der Waals surface area contributed by atoms with E-state index in [0.717, 1.165) is 38.4 Å². The predicted molar refractivity (Wildman–Crippen MR) is 112 cm³/mol. The van der Waals surface area contributed by atoms with Crippen LogP contribution in [0.5, 0.6) is 0 Å². The van der Waals surface area contributed by atoms with Crippen molar-refractivity contribution in [3.05, 3.63) is 22.3 Å². The maximum Gasteiger partial charge on any atom is 0.220 e. The average molecular weight is 415 g/mol. The van der Waals surface area contributed by atoms with Gasteiger partial charge in [-0.2, -0.15) is 0 Å². The molecule has 27 heavy (non-hydrogen) atoms. The van der Waals surface area contributed by atoms with Gasteiger partial charge in [0.2, 0.25) is 5.91 Å². The molecule has 0 saturated carbocycles. The van der Waals surface area contributed by atoms with Crippen LogP contribution in [0.4, 0.5) is 5.82 Å². The Morgan fingerprint density at radius 2 is 2.11 bits per heavy atom. The van der Waals surface area contributed by atoms with Crippen molar-refractivity contribution in [2.45, 2.75) is 26.2 Å². The number of carbonyl (C=O) groups excluding carboxylic acids is 1. The number of nitrogens with zero attached hydrogens (tertiary/aromatic N) is 3. The highest BCUT2D eigenvalue weighted by Crippen LogP contribution is 2.22. The SMILES string of the molecule is CCNC(=NCCNc1ncc(Cl)cc1Cl)N1CCC(CC(=O)NC)CC1. The van der Waals surface area contributed by atoms with Gasteiger partial charge in [-0.3, -0.25) is 9.79 Å². The van der Waals surface area contributed by atoms with Crippen molar-refractivity contribution in [3.63, 3.8) is 0 Å². The number of aliphatic imine (C=N–C) groups is 1. The highest BCUT2D eigenvalue weighted by Gasteiger charge is 2.22. The number of amides is 1. The maximum absolute atomic E-state index is 11.5. The molecule has 2 heterocycles. The zero-order chi connectivity index (χ0) is 19.6. The third-order valence-electron chi connectivity index (χ3n) is 4.48. The minimum Gasteiger partial charge on any atom is -0.367 e. The molecular weight excluding hydrogens is 387 g/mol. The number of anilines is 1. The summed E-state index contributed by atoms with van der Waals surface area (Å²) in [4.78, 5) is 22.7. The molecule has 0 bridgehead atoms. The zero-order valence-corrected chi connectivity index (χ0v) is 17.4. The number of likely N-dealkylation sites (tertiary alicyclic amines) is 1. The van der Waals surface area contributed by atoms with Gasteiger partial charge in [-0.15, -0.1) is 0 Å². The Labute approximate surface area is 170 Å². The molecule has 1 saturated heterocycles. The van der Waals surface area contributed by atoms with E-state index in [1.807, 2.05) is 0 Å². The number of carbonyl (C=O) groups is 1. The second kappa shape index (κ2) is 11.2. The van der Waals surface area contributed by atoms with Crippen molar-refractivity contribution < 1.29 is 4.79 Å². The van der Waals surface area contributed by atoms with Gasteiger partial charge in [0, 0.05) is 45.8 Å². The largest absolute Gasteiger partial charge is 0.367 e. The lowest BCUT2D eigenvalue weighted by Crippen LogP contribution is -2.46. The molecule has 0 spiro atoms. The van der Waals surface area contributed by atoms with Gasteiger partial charge >= 0.3 is 0 Å². The molecule has 2 rings (SSSR count). The number of piperidine rings is 1. The molecule has 1 aliphatic heterocycles. The Morgan fingerprint density at radius 1 is 1.37 bits per heavy atom. The van der Waals surface area contributed by atoms with Crippen LogP contribution in [0.3, 0.4) is 0 Å². The smallest absolute Gasteiger partial charge is 0.220 e. The first kappa shape index (κ1) is 21.6.